The molecule has 56 heavy (non-hydrogen) atoms. The Bertz CT molecular complexity index is 2100. The van der Waals surface area contributed by atoms with Gasteiger partial charge in [0.15, 0.2) is 0 Å². The average molecular weight is 729 g/mol. The molecule has 0 heterocycles. The minimum Gasteiger partial charge on any atom is -0.311 e. The molecule has 0 amide bonds. The summed E-state index contributed by atoms with van der Waals surface area (Å²) in [6.07, 6.45) is 15.9. The Kier molecular flexibility index (Phi) is 13.1. The minimum absolute atomic E-state index is 1.13. The lowest BCUT2D eigenvalue weighted by atomic mass is 10.1. The lowest BCUT2D eigenvalue weighted by Gasteiger charge is -2.25. The molecular weight excluding hydrogens is 677 g/mol. The van der Waals surface area contributed by atoms with Crippen LogP contribution in [0.25, 0.3) is 24.3 Å². The van der Waals surface area contributed by atoms with E-state index in [4.69, 9.17) is 0 Å². The lowest BCUT2D eigenvalue weighted by molar-refractivity contribution is 0.795. The second kappa shape index (κ2) is 19.3. The van der Waals surface area contributed by atoms with Crippen molar-refractivity contribution in [1.29, 1.82) is 0 Å². The summed E-state index contributed by atoms with van der Waals surface area (Å²) in [5, 5.41) is 0. The molecule has 0 spiro atoms. The fourth-order valence-electron chi connectivity index (χ4n) is 7.01. The van der Waals surface area contributed by atoms with Gasteiger partial charge in [0, 0.05) is 34.1 Å². The first-order valence-electron chi connectivity index (χ1n) is 20.2. The number of benzene rings is 7. The van der Waals surface area contributed by atoms with Crippen LogP contribution < -0.4 is 9.80 Å². The number of aryl methyl sites for hydroxylation is 2. The second-order valence-electron chi connectivity index (χ2n) is 14.4. The van der Waals surface area contributed by atoms with E-state index in [1.54, 1.807) is 0 Å². The van der Waals surface area contributed by atoms with Gasteiger partial charge in [-0.1, -0.05) is 160 Å². The molecule has 0 aliphatic rings. The van der Waals surface area contributed by atoms with Crippen molar-refractivity contribution in [3.63, 3.8) is 0 Å². The molecule has 278 valence electrons. The number of unbranched alkanes of at least 4 members (excludes halogenated alkanes) is 2. The SMILES string of the molecule is CCCCc1ccc(N(c2ccccc2)c2ccc(/C=C/c3ccc(/C=C/c4ccc(N(c5ccccc5)c5ccc(CCCC)cc5)cc4)cc3)cc2)cc1. The average Bonchev–Trinajstić information content (AvgIpc) is 3.26. The van der Waals surface area contributed by atoms with Gasteiger partial charge in [-0.15, -0.1) is 0 Å². The van der Waals surface area contributed by atoms with Crippen LogP contribution in [0.1, 0.15) is 72.9 Å². The van der Waals surface area contributed by atoms with Gasteiger partial charge in [-0.05, 0) is 132 Å². The predicted octanol–water partition coefficient (Wildman–Crippen LogP) is 15.7. The van der Waals surface area contributed by atoms with Gasteiger partial charge in [0.05, 0.1) is 0 Å². The fraction of sp³-hybridized carbons (Fsp3) is 0.148. The third-order valence-corrected chi connectivity index (χ3v) is 10.2. The zero-order valence-corrected chi connectivity index (χ0v) is 32.8. The maximum Gasteiger partial charge on any atom is 0.0462 e. The van der Waals surface area contributed by atoms with Crippen molar-refractivity contribution in [2.24, 2.45) is 0 Å². The fourth-order valence-corrected chi connectivity index (χ4v) is 7.01. The molecule has 7 rings (SSSR count). The van der Waals surface area contributed by atoms with Crippen LogP contribution >= 0.6 is 0 Å². The zero-order chi connectivity index (χ0) is 38.4. The molecule has 0 atom stereocenters. The molecule has 0 saturated carbocycles. The minimum atomic E-state index is 1.13. The highest BCUT2D eigenvalue weighted by Crippen LogP contribution is 2.36. The first-order chi connectivity index (χ1) is 27.7. The summed E-state index contributed by atoms with van der Waals surface area (Å²) >= 11 is 0. The lowest BCUT2D eigenvalue weighted by Crippen LogP contribution is -2.09. The highest BCUT2D eigenvalue weighted by molar-refractivity contribution is 5.80. The Morgan fingerprint density at radius 3 is 0.839 bits per heavy atom. The molecule has 7 aromatic carbocycles. The van der Waals surface area contributed by atoms with Crippen molar-refractivity contribution in [2.45, 2.75) is 52.4 Å². The van der Waals surface area contributed by atoms with Crippen molar-refractivity contribution < 1.29 is 0 Å². The molecule has 0 radical (unpaired) electrons. The third kappa shape index (κ3) is 10.0. The van der Waals surface area contributed by atoms with Gasteiger partial charge in [-0.3, -0.25) is 0 Å². The summed E-state index contributed by atoms with van der Waals surface area (Å²) < 4.78 is 0. The van der Waals surface area contributed by atoms with E-state index in [-0.39, 0.29) is 0 Å². The van der Waals surface area contributed by atoms with Crippen LogP contribution in [0.15, 0.2) is 182 Å². The van der Waals surface area contributed by atoms with E-state index in [9.17, 15) is 0 Å². The van der Waals surface area contributed by atoms with Gasteiger partial charge in [0.1, 0.15) is 0 Å². The number of para-hydroxylation sites is 2. The van der Waals surface area contributed by atoms with Crippen molar-refractivity contribution in [3.05, 3.63) is 215 Å². The van der Waals surface area contributed by atoms with Crippen LogP contribution in [0.4, 0.5) is 34.1 Å². The predicted molar refractivity (Wildman–Crippen MR) is 244 cm³/mol. The molecule has 7 aromatic rings. The molecule has 0 aliphatic carbocycles. The summed E-state index contributed by atoms with van der Waals surface area (Å²) in [6.45, 7) is 4.49. The normalized spacial score (nSPS) is 11.3. The van der Waals surface area contributed by atoms with Crippen LogP contribution in [-0.4, -0.2) is 0 Å². The van der Waals surface area contributed by atoms with Crippen molar-refractivity contribution in [3.8, 4) is 0 Å². The summed E-state index contributed by atoms with van der Waals surface area (Å²) in [5.74, 6) is 0. The zero-order valence-electron chi connectivity index (χ0n) is 32.8. The van der Waals surface area contributed by atoms with Crippen molar-refractivity contribution >= 4 is 58.4 Å². The second-order valence-corrected chi connectivity index (χ2v) is 14.4. The Morgan fingerprint density at radius 2 is 0.554 bits per heavy atom. The van der Waals surface area contributed by atoms with Gasteiger partial charge in [-0.25, -0.2) is 0 Å². The third-order valence-electron chi connectivity index (χ3n) is 10.2. The van der Waals surface area contributed by atoms with Gasteiger partial charge in [0.2, 0.25) is 0 Å². The largest absolute Gasteiger partial charge is 0.311 e. The first-order valence-corrected chi connectivity index (χ1v) is 20.2. The molecule has 0 N–H and O–H groups in total. The molecule has 2 nitrogen and oxygen atoms in total. The summed E-state index contributed by atoms with van der Waals surface area (Å²) in [7, 11) is 0. The summed E-state index contributed by atoms with van der Waals surface area (Å²) in [4.78, 5) is 4.65. The number of anilines is 6. The van der Waals surface area contributed by atoms with Gasteiger partial charge in [0.25, 0.3) is 0 Å². The topological polar surface area (TPSA) is 6.48 Å². The van der Waals surface area contributed by atoms with Crippen LogP contribution in [-0.2, 0) is 12.8 Å². The van der Waals surface area contributed by atoms with Crippen molar-refractivity contribution in [1.82, 2.24) is 0 Å². The number of nitrogens with zero attached hydrogens (tertiary/aromatic N) is 2. The molecule has 0 bridgehead atoms. The molecule has 2 heteroatoms. The van der Waals surface area contributed by atoms with Crippen LogP contribution in [0.2, 0.25) is 0 Å². The number of rotatable bonds is 16. The van der Waals surface area contributed by atoms with E-state index in [0.29, 0.717) is 0 Å². The Hall–Kier alpha value is -6.38. The quantitative estimate of drug-likeness (QED) is 0.0914. The molecule has 0 aliphatic heterocycles. The molecule has 0 unspecified atom stereocenters. The maximum absolute atomic E-state index is 2.32. The van der Waals surface area contributed by atoms with Crippen molar-refractivity contribution in [2.75, 3.05) is 9.80 Å². The molecule has 0 aromatic heterocycles. The van der Waals surface area contributed by atoms with Gasteiger partial charge >= 0.3 is 0 Å². The molecule has 0 saturated heterocycles. The molecule has 0 fully saturated rings. The van der Waals surface area contributed by atoms with Gasteiger partial charge in [-0.2, -0.15) is 0 Å². The van der Waals surface area contributed by atoms with Gasteiger partial charge < -0.3 is 9.80 Å². The van der Waals surface area contributed by atoms with Crippen LogP contribution in [0.5, 0.6) is 0 Å². The van der Waals surface area contributed by atoms with E-state index in [0.717, 1.165) is 35.6 Å². The Labute approximate surface area is 334 Å². The van der Waals surface area contributed by atoms with E-state index < -0.39 is 0 Å². The van der Waals surface area contributed by atoms with E-state index in [1.807, 2.05) is 0 Å². The van der Waals surface area contributed by atoms with E-state index in [1.165, 1.54) is 70.4 Å². The van der Waals surface area contributed by atoms with E-state index in [2.05, 4.69) is 230 Å². The Balaban J connectivity index is 1.00. The highest BCUT2D eigenvalue weighted by atomic mass is 15.1. The summed E-state index contributed by atoms with van der Waals surface area (Å²) in [6, 6.07) is 65.6. The monoisotopic (exact) mass is 728 g/mol. The highest BCUT2D eigenvalue weighted by Gasteiger charge is 2.13. The number of hydrogen-bond donors (Lipinski definition) is 0. The standard InChI is InChI=1S/C54H52N2/c1-3-5-13-43-27-35-51(36-28-43)55(49-15-9-7-10-16-49)53-39-31-47(32-40-53)25-23-45-19-21-46(22-20-45)24-26-48-33-41-54(42-34-48)56(50-17-11-8-12-18-50)52-37-29-44(30-38-52)14-6-4-2/h7-12,15-42H,3-6,13-14H2,1-2H3/b25-23+,26-24+. The maximum atomic E-state index is 2.32. The first kappa shape index (κ1) is 37.9. The van der Waals surface area contributed by atoms with Crippen LogP contribution in [0, 0.1) is 0 Å². The van der Waals surface area contributed by atoms with E-state index >= 15 is 0 Å². The smallest absolute Gasteiger partial charge is 0.0462 e. The Morgan fingerprint density at radius 1 is 0.304 bits per heavy atom. The number of hydrogen-bond acceptors (Lipinski definition) is 2. The van der Waals surface area contributed by atoms with Crippen LogP contribution in [0.3, 0.4) is 0 Å². The molecular formula is C54H52N2. The summed E-state index contributed by atoms with van der Waals surface area (Å²) in [5.41, 5.74) is 14.4.